The van der Waals surface area contributed by atoms with E-state index in [1.807, 2.05) is 0 Å². The van der Waals surface area contributed by atoms with Crippen LogP contribution in [0, 0.1) is 0 Å². The van der Waals surface area contributed by atoms with Gasteiger partial charge >= 0.3 is 0 Å². The number of amidine groups is 1. The number of rotatable bonds is 5. The number of carbonyl (C=O) groups is 1. The number of benzene rings is 1. The summed E-state index contributed by atoms with van der Waals surface area (Å²) in [4.78, 5) is 11.9. The largest absolute Gasteiger partial charge is 0.409 e. The summed E-state index contributed by atoms with van der Waals surface area (Å²) in [6.07, 6.45) is 1.59. The summed E-state index contributed by atoms with van der Waals surface area (Å²) >= 11 is 0. The van der Waals surface area contributed by atoms with Crippen LogP contribution in [-0.2, 0) is 10.8 Å². The fourth-order valence-corrected chi connectivity index (χ4v) is 2.37. The smallest absolute Gasteiger partial charge is 0.251 e. The van der Waals surface area contributed by atoms with Gasteiger partial charge in [-0.3, -0.25) is 9.00 Å². The van der Waals surface area contributed by atoms with E-state index in [0.29, 0.717) is 16.9 Å². The fourth-order valence-electron chi connectivity index (χ4n) is 1.58. The monoisotopic (exact) mass is 283 g/mol. The summed E-state index contributed by atoms with van der Waals surface area (Å²) in [6.45, 7) is 1.78. The quantitative estimate of drug-likeness (QED) is 0.312. The second kappa shape index (κ2) is 6.89. The van der Waals surface area contributed by atoms with Gasteiger partial charge in [-0.1, -0.05) is 17.3 Å². The highest BCUT2D eigenvalue weighted by atomic mass is 32.2. The molecule has 1 rings (SSSR count). The minimum Gasteiger partial charge on any atom is -0.409 e. The molecule has 0 saturated heterocycles. The van der Waals surface area contributed by atoms with Gasteiger partial charge in [0.25, 0.3) is 5.91 Å². The molecule has 0 bridgehead atoms. The summed E-state index contributed by atoms with van der Waals surface area (Å²) in [7, 11) is -0.969. The number of nitrogens with one attached hydrogen (secondary N) is 1. The van der Waals surface area contributed by atoms with Gasteiger partial charge < -0.3 is 16.3 Å². The van der Waals surface area contributed by atoms with Crippen molar-refractivity contribution in [3.8, 4) is 0 Å². The standard InChI is InChI=1S/C12H17N3O3S/c1-8(7-19(2)18)14-12(16)10-5-3-4-9(6-10)11(13)15-17/h3-6,8,17H,7H2,1-2H3,(H2,13,15)(H,14,16). The number of nitrogens with two attached hydrogens (primary N) is 1. The molecule has 1 aromatic carbocycles. The van der Waals surface area contributed by atoms with Gasteiger partial charge in [-0.05, 0) is 19.1 Å². The van der Waals surface area contributed by atoms with Crippen molar-refractivity contribution in [2.75, 3.05) is 12.0 Å². The van der Waals surface area contributed by atoms with Crippen molar-refractivity contribution in [2.45, 2.75) is 13.0 Å². The molecule has 0 spiro atoms. The maximum atomic E-state index is 11.9. The van der Waals surface area contributed by atoms with Gasteiger partial charge in [0, 0.05) is 40.0 Å². The average Bonchev–Trinajstić information content (AvgIpc) is 2.36. The Morgan fingerprint density at radius 1 is 1.53 bits per heavy atom. The van der Waals surface area contributed by atoms with Crippen LogP contribution in [0.25, 0.3) is 0 Å². The van der Waals surface area contributed by atoms with Crippen LogP contribution in [-0.4, -0.2) is 39.2 Å². The molecule has 0 saturated carbocycles. The molecule has 0 radical (unpaired) electrons. The number of hydrogen-bond donors (Lipinski definition) is 3. The number of carbonyl (C=O) groups excluding carboxylic acids is 1. The first-order chi connectivity index (χ1) is 8.93. The highest BCUT2D eigenvalue weighted by molar-refractivity contribution is 7.84. The Bertz CT molecular complexity index is 517. The van der Waals surface area contributed by atoms with Crippen LogP contribution < -0.4 is 11.1 Å². The first-order valence-corrected chi connectivity index (χ1v) is 7.35. The van der Waals surface area contributed by atoms with Gasteiger partial charge in [-0.15, -0.1) is 0 Å². The predicted octanol–water partition coefficient (Wildman–Crippen LogP) is 0.278. The highest BCUT2D eigenvalue weighted by Crippen LogP contribution is 2.05. The van der Waals surface area contributed by atoms with Gasteiger partial charge in [0.05, 0.1) is 0 Å². The van der Waals surface area contributed by atoms with Crippen LogP contribution >= 0.6 is 0 Å². The molecule has 2 unspecified atom stereocenters. The molecular weight excluding hydrogens is 266 g/mol. The second-order valence-electron chi connectivity index (χ2n) is 4.18. The first-order valence-electron chi connectivity index (χ1n) is 5.63. The molecule has 1 aromatic rings. The van der Waals surface area contributed by atoms with Crippen LogP contribution in [0.15, 0.2) is 29.4 Å². The van der Waals surface area contributed by atoms with Crippen LogP contribution in [0.3, 0.4) is 0 Å². The minimum atomic E-state index is -0.969. The van der Waals surface area contributed by atoms with Gasteiger partial charge in [0.15, 0.2) is 5.84 Å². The lowest BCUT2D eigenvalue weighted by molar-refractivity contribution is 0.0943. The normalized spacial score (nSPS) is 14.7. The lowest BCUT2D eigenvalue weighted by Gasteiger charge is -2.12. The molecule has 2 atom stereocenters. The highest BCUT2D eigenvalue weighted by Gasteiger charge is 2.12. The number of hydrogen-bond acceptors (Lipinski definition) is 4. The van der Waals surface area contributed by atoms with Crippen molar-refractivity contribution in [1.29, 1.82) is 0 Å². The van der Waals surface area contributed by atoms with Crippen LogP contribution in [0.5, 0.6) is 0 Å². The van der Waals surface area contributed by atoms with Crippen LogP contribution in [0.1, 0.15) is 22.8 Å². The van der Waals surface area contributed by atoms with E-state index >= 15 is 0 Å². The molecular formula is C12H17N3O3S. The summed E-state index contributed by atoms with van der Waals surface area (Å²) in [5.41, 5.74) is 6.32. The summed E-state index contributed by atoms with van der Waals surface area (Å²) in [5.74, 6) is 0.0500. The van der Waals surface area contributed by atoms with E-state index in [0.717, 1.165) is 0 Å². The molecule has 0 aliphatic rings. The van der Waals surface area contributed by atoms with Gasteiger partial charge in [-0.2, -0.15) is 0 Å². The van der Waals surface area contributed by atoms with Crippen molar-refractivity contribution in [2.24, 2.45) is 10.9 Å². The Balaban J connectivity index is 2.80. The average molecular weight is 283 g/mol. The molecule has 0 aromatic heterocycles. The van der Waals surface area contributed by atoms with E-state index in [1.165, 1.54) is 6.07 Å². The van der Waals surface area contributed by atoms with Gasteiger partial charge in [0.1, 0.15) is 0 Å². The maximum absolute atomic E-state index is 11.9. The minimum absolute atomic E-state index is 0.0580. The van der Waals surface area contributed by atoms with Crippen molar-refractivity contribution in [1.82, 2.24) is 5.32 Å². The van der Waals surface area contributed by atoms with Crippen molar-refractivity contribution < 1.29 is 14.2 Å². The molecule has 0 heterocycles. The van der Waals surface area contributed by atoms with Crippen molar-refractivity contribution in [3.05, 3.63) is 35.4 Å². The first kappa shape index (κ1) is 15.2. The van der Waals surface area contributed by atoms with Gasteiger partial charge in [-0.25, -0.2) is 0 Å². The number of amides is 1. The molecule has 6 nitrogen and oxygen atoms in total. The lowest BCUT2D eigenvalue weighted by Crippen LogP contribution is -2.36. The van der Waals surface area contributed by atoms with Crippen LogP contribution in [0.2, 0.25) is 0 Å². The SMILES string of the molecule is CC(CS(C)=O)NC(=O)c1cccc(/C(N)=N/O)c1. The third-order valence-electron chi connectivity index (χ3n) is 2.39. The Morgan fingerprint density at radius 3 is 2.74 bits per heavy atom. The Morgan fingerprint density at radius 2 is 2.16 bits per heavy atom. The zero-order valence-electron chi connectivity index (χ0n) is 10.8. The number of nitrogens with zero attached hydrogens (tertiary/aromatic N) is 1. The molecule has 4 N–H and O–H groups in total. The maximum Gasteiger partial charge on any atom is 0.251 e. The molecule has 19 heavy (non-hydrogen) atoms. The predicted molar refractivity (Wildman–Crippen MR) is 74.8 cm³/mol. The van der Waals surface area contributed by atoms with E-state index in [2.05, 4.69) is 10.5 Å². The second-order valence-corrected chi connectivity index (χ2v) is 5.66. The number of oxime groups is 1. The summed E-state index contributed by atoms with van der Waals surface area (Å²) in [5, 5.41) is 14.2. The molecule has 0 aliphatic carbocycles. The Labute approximate surface area is 114 Å². The van der Waals surface area contributed by atoms with E-state index in [4.69, 9.17) is 10.9 Å². The third kappa shape index (κ3) is 4.70. The topological polar surface area (TPSA) is 105 Å². The zero-order valence-corrected chi connectivity index (χ0v) is 11.6. The van der Waals surface area contributed by atoms with Crippen LogP contribution in [0.4, 0.5) is 0 Å². The third-order valence-corrected chi connectivity index (χ3v) is 3.36. The summed E-state index contributed by atoms with van der Waals surface area (Å²) < 4.78 is 11.1. The molecule has 1 amide bonds. The lowest BCUT2D eigenvalue weighted by atomic mass is 10.1. The van der Waals surface area contributed by atoms with E-state index < -0.39 is 10.8 Å². The molecule has 0 fully saturated rings. The van der Waals surface area contributed by atoms with Crippen molar-refractivity contribution in [3.63, 3.8) is 0 Å². The molecule has 7 heteroatoms. The zero-order chi connectivity index (χ0) is 14.4. The fraction of sp³-hybridized carbons (Fsp3) is 0.333. The van der Waals surface area contributed by atoms with E-state index in [1.54, 1.807) is 31.4 Å². The van der Waals surface area contributed by atoms with E-state index in [-0.39, 0.29) is 17.8 Å². The summed E-state index contributed by atoms with van der Waals surface area (Å²) in [6, 6.07) is 6.24. The Hall–Kier alpha value is -1.89. The molecule has 104 valence electrons. The van der Waals surface area contributed by atoms with Crippen molar-refractivity contribution >= 4 is 22.5 Å². The van der Waals surface area contributed by atoms with Gasteiger partial charge in [0.2, 0.25) is 0 Å². The Kier molecular flexibility index (Phi) is 5.50. The molecule has 0 aliphatic heterocycles. The van der Waals surface area contributed by atoms with E-state index in [9.17, 15) is 9.00 Å².